The van der Waals surface area contributed by atoms with Crippen LogP contribution in [0.15, 0.2) is 34.3 Å². The molecule has 0 radical (unpaired) electrons. The molecule has 2 heterocycles. The summed E-state index contributed by atoms with van der Waals surface area (Å²) in [5.74, 6) is 2.19. The van der Waals surface area contributed by atoms with E-state index in [1.165, 1.54) is 56.3 Å². The molecule has 2 aromatic rings. The molecule has 2 aromatic carbocycles. The quantitative estimate of drug-likeness (QED) is 0.149. The number of aryl methyl sites for hydroxylation is 1. The van der Waals surface area contributed by atoms with E-state index >= 15 is 0 Å². The van der Waals surface area contributed by atoms with Crippen LogP contribution in [-0.4, -0.2) is 92.6 Å². The Balaban J connectivity index is 0.00000185. The fraction of sp³-hybridized carbons (Fsp3) is 0.628. The number of aromatic hydroxyl groups is 2. The molecule has 0 bridgehead atoms. The Bertz CT molecular complexity index is 1640. The Morgan fingerprint density at radius 1 is 0.774 bits per heavy atom. The summed E-state index contributed by atoms with van der Waals surface area (Å²) in [6, 6.07) is 8.48. The minimum absolute atomic E-state index is 0. The maximum Gasteiger partial charge on any atom is 0.503 e. The maximum absolute atomic E-state index is 11.5. The Kier molecular flexibility index (Phi) is 16.3. The van der Waals surface area contributed by atoms with Gasteiger partial charge in [-0.2, -0.15) is 0 Å². The molecule has 0 aliphatic carbocycles. The molecule has 2 aliphatic heterocycles. The molecular weight excluding hydrogens is 704 g/mol. The van der Waals surface area contributed by atoms with Crippen molar-refractivity contribution in [3.05, 3.63) is 57.6 Å². The van der Waals surface area contributed by atoms with Crippen molar-refractivity contribution < 1.29 is 47.2 Å². The van der Waals surface area contributed by atoms with Crippen molar-refractivity contribution in [3.8, 4) is 11.5 Å². The average Bonchev–Trinajstić information content (AvgIpc) is 3.26. The number of carbonyl (C=O) groups is 1. The molecule has 53 heavy (non-hydrogen) atoms. The van der Waals surface area contributed by atoms with Gasteiger partial charge >= 0.3 is 6.16 Å². The zero-order valence-corrected chi connectivity index (χ0v) is 35.6. The third-order valence-corrected chi connectivity index (χ3v) is 9.95. The van der Waals surface area contributed by atoms with Crippen molar-refractivity contribution in [2.45, 2.75) is 143 Å². The van der Waals surface area contributed by atoms with Gasteiger partial charge in [0.1, 0.15) is 11.5 Å². The summed E-state index contributed by atoms with van der Waals surface area (Å²) >= 11 is 0. The number of hydrogen-bond acceptors (Lipinski definition) is 6. The van der Waals surface area contributed by atoms with E-state index in [0.29, 0.717) is 18.0 Å². The first-order valence-electron chi connectivity index (χ1n) is 19.1. The van der Waals surface area contributed by atoms with Crippen molar-refractivity contribution >= 4 is 24.4 Å². The van der Waals surface area contributed by atoms with E-state index in [2.05, 4.69) is 110 Å². The van der Waals surface area contributed by atoms with Gasteiger partial charge in [0.2, 0.25) is 5.84 Å². The minimum Gasteiger partial charge on any atom is -0.507 e. The zero-order valence-electron chi connectivity index (χ0n) is 34.3. The van der Waals surface area contributed by atoms with Gasteiger partial charge in [0.15, 0.2) is 0 Å². The van der Waals surface area contributed by atoms with E-state index in [1.807, 2.05) is 6.21 Å². The summed E-state index contributed by atoms with van der Waals surface area (Å²) in [5, 5.41) is 36.6. The number of hydrogen-bond donors (Lipinski definition) is 4. The van der Waals surface area contributed by atoms with Crippen LogP contribution in [0.25, 0.3) is 0 Å². The number of rotatable bonds is 9. The summed E-state index contributed by atoms with van der Waals surface area (Å²) in [6.07, 6.45) is 10.0. The van der Waals surface area contributed by atoms with Crippen LogP contribution in [-0.2, 0) is 40.0 Å². The van der Waals surface area contributed by atoms with Crippen LogP contribution in [0.2, 0.25) is 0 Å². The van der Waals surface area contributed by atoms with E-state index in [1.54, 1.807) is 12.1 Å². The van der Waals surface area contributed by atoms with E-state index < -0.39 is 11.7 Å². The smallest absolute Gasteiger partial charge is 0.503 e. The topological polar surface area (TPSA) is 129 Å². The van der Waals surface area contributed by atoms with Crippen LogP contribution >= 0.6 is 0 Å². The number of phenolic OH excluding ortho intramolecular Hbond substituents is 2. The van der Waals surface area contributed by atoms with Crippen molar-refractivity contribution in [2.24, 2.45) is 9.98 Å². The SMILES string of the molecule is CC(C)(CN=Cc1cc(C(C)(C)C)cc(CCCN2CCC[N+]3=C2CCCCC3)c1O)N=Cc1cc(C(C)(C)C)cc(C(C)(C)C)c1O.O=C(O)O.[Cr]. The molecule has 4 N–H and O–H groups in total. The minimum atomic E-state index is -1.83. The number of nitrogens with zero attached hydrogens (tertiary/aromatic N) is 4. The molecule has 10 heteroatoms. The summed E-state index contributed by atoms with van der Waals surface area (Å²) in [4.78, 5) is 20.9. The molecule has 0 aromatic heterocycles. The van der Waals surface area contributed by atoms with Crippen molar-refractivity contribution in [1.29, 1.82) is 0 Å². The van der Waals surface area contributed by atoms with Crippen LogP contribution in [0.1, 0.15) is 148 Å². The van der Waals surface area contributed by atoms with Crippen molar-refractivity contribution in [1.82, 2.24) is 4.90 Å². The Hall–Kier alpha value is -3.35. The molecule has 9 nitrogen and oxygen atoms in total. The number of amidine groups is 1. The number of aliphatic imine (C=N–C) groups is 2. The Labute approximate surface area is 330 Å². The van der Waals surface area contributed by atoms with Gasteiger partial charge in [-0.05, 0) is 91.0 Å². The fourth-order valence-corrected chi connectivity index (χ4v) is 6.78. The molecule has 294 valence electrons. The van der Waals surface area contributed by atoms with Gasteiger partial charge < -0.3 is 20.4 Å². The normalized spacial score (nSPS) is 15.9. The zero-order chi connectivity index (χ0) is 39.1. The van der Waals surface area contributed by atoms with Crippen LogP contribution < -0.4 is 0 Å². The standard InChI is InChI=1S/C42H64N4O2.CH2O3.Cr/c1-39(2,3)33-23-30(17-15-20-46-22-16-21-45-19-14-12-13-18-36(45)46)37(47)31(24-33)27-43-29-42(10,11)44-28-32-25-34(40(4,5)6)26-35(38(32)48)41(7,8)9;2-1(3)4;/h23-28H,12-22,29H2,1-11H3,(H-,43,44,47,48);(H2,2,3,4);/p+1. The first-order valence-corrected chi connectivity index (χ1v) is 19.1. The van der Waals surface area contributed by atoms with Crippen LogP contribution in [0.4, 0.5) is 4.79 Å². The predicted octanol–water partition coefficient (Wildman–Crippen LogP) is 9.15. The summed E-state index contributed by atoms with van der Waals surface area (Å²) in [5.41, 5.74) is 5.02. The van der Waals surface area contributed by atoms with E-state index in [9.17, 15) is 10.2 Å². The largest absolute Gasteiger partial charge is 0.507 e. The number of benzene rings is 2. The van der Waals surface area contributed by atoms with E-state index in [-0.39, 0.29) is 33.6 Å². The van der Waals surface area contributed by atoms with Gasteiger partial charge in [-0.25, -0.2) is 4.79 Å². The molecular formula is C43H67CrN4O5+. The number of phenols is 2. The van der Waals surface area contributed by atoms with E-state index in [4.69, 9.17) is 25.0 Å². The Morgan fingerprint density at radius 2 is 1.34 bits per heavy atom. The molecule has 0 unspecified atom stereocenters. The van der Waals surface area contributed by atoms with Gasteiger partial charge in [0.25, 0.3) is 0 Å². The molecule has 0 atom stereocenters. The molecule has 0 spiro atoms. The Morgan fingerprint density at radius 3 is 1.92 bits per heavy atom. The van der Waals surface area contributed by atoms with E-state index in [0.717, 1.165) is 48.2 Å². The first kappa shape index (κ1) is 45.8. The molecule has 2 aliphatic rings. The maximum atomic E-state index is 11.5. The summed E-state index contributed by atoms with van der Waals surface area (Å²) in [7, 11) is 0. The molecule has 0 amide bonds. The third kappa shape index (κ3) is 13.8. The van der Waals surface area contributed by atoms with Crippen LogP contribution in [0.5, 0.6) is 11.5 Å². The first-order chi connectivity index (χ1) is 24.0. The van der Waals surface area contributed by atoms with Gasteiger partial charge in [0, 0.05) is 59.3 Å². The second kappa shape index (κ2) is 18.8. The second-order valence-electron chi connectivity index (χ2n) is 18.3. The molecule has 4 rings (SSSR count). The molecule has 0 saturated carbocycles. The van der Waals surface area contributed by atoms with Gasteiger partial charge in [-0.15, -0.1) is 0 Å². The third-order valence-electron chi connectivity index (χ3n) is 9.95. The van der Waals surface area contributed by atoms with Crippen LogP contribution in [0.3, 0.4) is 0 Å². The van der Waals surface area contributed by atoms with Crippen molar-refractivity contribution in [3.63, 3.8) is 0 Å². The fourth-order valence-electron chi connectivity index (χ4n) is 6.78. The van der Waals surface area contributed by atoms with Gasteiger partial charge in [-0.1, -0.05) is 74.4 Å². The van der Waals surface area contributed by atoms with Crippen LogP contribution in [0, 0.1) is 0 Å². The van der Waals surface area contributed by atoms with Gasteiger partial charge in [0.05, 0.1) is 38.3 Å². The monoisotopic (exact) mass is 771 g/mol. The summed E-state index contributed by atoms with van der Waals surface area (Å²) in [6.45, 7) is 28.8. The van der Waals surface area contributed by atoms with Gasteiger partial charge in [-0.3, -0.25) is 19.5 Å². The number of carboxylic acid groups (broad SMARTS) is 2. The average molecular weight is 772 g/mol. The summed E-state index contributed by atoms with van der Waals surface area (Å²) < 4.78 is 2.63. The second-order valence-corrected chi connectivity index (χ2v) is 18.3. The van der Waals surface area contributed by atoms with Crippen molar-refractivity contribution in [2.75, 3.05) is 32.7 Å². The molecule has 0 saturated heterocycles. The predicted molar refractivity (Wildman–Crippen MR) is 215 cm³/mol. The molecule has 0 fully saturated rings.